The molecule has 0 aromatic carbocycles. The van der Waals surface area contributed by atoms with Gasteiger partial charge in [0.1, 0.15) is 6.61 Å². The number of carbonyl (C=O) groups excluding carboxylic acids is 2. The quantitative estimate of drug-likeness (QED) is 0.398. The molecule has 9 atom stereocenters. The average molecular weight is 546 g/mol. The van der Waals surface area contributed by atoms with Gasteiger partial charge in [0.05, 0.1) is 18.3 Å². The van der Waals surface area contributed by atoms with E-state index in [9.17, 15) is 24.9 Å². The highest BCUT2D eigenvalue weighted by Crippen LogP contribution is 2.70. The summed E-state index contributed by atoms with van der Waals surface area (Å²) in [5.41, 5.74) is -0.750. The number of hydrogen-bond donors (Lipinski definition) is 4. The van der Waals surface area contributed by atoms with Gasteiger partial charge in [-0.3, -0.25) is 0 Å². The summed E-state index contributed by atoms with van der Waals surface area (Å²) in [5, 5.41) is 37.4. The third-order valence-corrected chi connectivity index (χ3v) is 12.5. The second kappa shape index (κ2) is 10.00. The number of rotatable bonds is 4. The highest BCUT2D eigenvalue weighted by atomic mass is 16.5. The molecule has 9 nitrogen and oxygen atoms in total. The van der Waals surface area contributed by atoms with Crippen LogP contribution in [0.25, 0.3) is 0 Å². The normalized spacial score (nSPS) is 45.6. The summed E-state index contributed by atoms with van der Waals surface area (Å²) >= 11 is 0. The van der Waals surface area contributed by atoms with E-state index in [1.165, 1.54) is 0 Å². The van der Waals surface area contributed by atoms with Gasteiger partial charge in [0, 0.05) is 50.3 Å². The first-order chi connectivity index (χ1) is 18.6. The van der Waals surface area contributed by atoms with Gasteiger partial charge < -0.3 is 35.2 Å². The van der Waals surface area contributed by atoms with Crippen molar-refractivity contribution in [1.29, 1.82) is 0 Å². The summed E-state index contributed by atoms with van der Waals surface area (Å²) in [6.45, 7) is 8.03. The van der Waals surface area contributed by atoms with Gasteiger partial charge >= 0.3 is 12.0 Å². The maximum atomic E-state index is 13.5. The lowest BCUT2D eigenvalue weighted by molar-refractivity contribution is -0.243. The topological polar surface area (TPSA) is 123 Å². The van der Waals surface area contributed by atoms with Gasteiger partial charge in [-0.1, -0.05) is 13.8 Å². The second-order valence-electron chi connectivity index (χ2n) is 13.7. The van der Waals surface area contributed by atoms with E-state index in [1.807, 2.05) is 9.80 Å². The Morgan fingerprint density at radius 3 is 2.59 bits per heavy atom. The predicted molar refractivity (Wildman–Crippen MR) is 145 cm³/mol. The van der Waals surface area contributed by atoms with Gasteiger partial charge in [-0.25, -0.2) is 9.59 Å². The summed E-state index contributed by atoms with van der Waals surface area (Å²) in [6.07, 6.45) is 7.69. The average Bonchev–Trinajstić information content (AvgIpc) is 3.48. The molecule has 4 saturated carbocycles. The fourth-order valence-corrected chi connectivity index (χ4v) is 10.2. The smallest absolute Gasteiger partial charge is 0.331 e. The summed E-state index contributed by atoms with van der Waals surface area (Å²) in [7, 11) is 0. The Labute approximate surface area is 231 Å². The van der Waals surface area contributed by atoms with Gasteiger partial charge in [-0.2, -0.15) is 0 Å². The Hall–Kier alpha value is -1.68. The lowest BCUT2D eigenvalue weighted by Gasteiger charge is -2.65. The van der Waals surface area contributed by atoms with Gasteiger partial charge in [-0.05, 0) is 86.0 Å². The largest absolute Gasteiger partial charge is 0.458 e. The SMILES string of the molecule is C[C@]12CC[C@H](N(CCO)C(=O)N3CCNCC3)C[C@H]1CC[C@@H]1[C@@H]2C[C@@H](O)[C@]2(C)[C@@H](C3=CC(=O)OC3)CC[C@]12O. The number of esters is 1. The summed E-state index contributed by atoms with van der Waals surface area (Å²) in [6, 6.07) is 0.158. The van der Waals surface area contributed by atoms with Crippen molar-refractivity contribution in [3.05, 3.63) is 11.6 Å². The molecule has 5 fully saturated rings. The van der Waals surface area contributed by atoms with E-state index in [4.69, 9.17) is 4.74 Å². The van der Waals surface area contributed by atoms with Crippen LogP contribution < -0.4 is 5.32 Å². The van der Waals surface area contributed by atoms with Crippen molar-refractivity contribution in [2.45, 2.75) is 83.0 Å². The third-order valence-electron chi connectivity index (χ3n) is 12.5. The van der Waals surface area contributed by atoms with Crippen molar-refractivity contribution >= 4 is 12.0 Å². The standard InChI is InChI=1S/C30H47N3O6/c1-28-7-5-21(33(13-14-34)27(37)32-11-9-31-10-12-32)16-20(28)3-4-23-24(28)17-25(35)29(2)22(6-8-30(23,29)38)19-15-26(36)39-18-19/h15,20-25,31,34-35,38H,3-14,16-18H2,1-2H3/t20-,21+,22-,23-,24+,25-,28+,29+,30+/m1/s1. The number of ether oxygens (including phenoxy) is 1. The Morgan fingerprint density at radius 1 is 1.13 bits per heavy atom. The van der Waals surface area contributed by atoms with E-state index in [0.717, 1.165) is 57.2 Å². The first-order valence-corrected chi connectivity index (χ1v) is 15.3. The van der Waals surface area contributed by atoms with Crippen LogP contribution in [0.4, 0.5) is 4.79 Å². The minimum absolute atomic E-state index is 0.00970. The maximum absolute atomic E-state index is 13.5. The molecule has 0 spiro atoms. The minimum atomic E-state index is -0.974. The van der Waals surface area contributed by atoms with E-state index in [1.54, 1.807) is 6.08 Å². The van der Waals surface area contributed by atoms with Gasteiger partial charge in [0.2, 0.25) is 0 Å². The van der Waals surface area contributed by atoms with E-state index in [2.05, 4.69) is 19.2 Å². The number of amides is 2. The van der Waals surface area contributed by atoms with E-state index >= 15 is 0 Å². The lowest BCUT2D eigenvalue weighted by Crippen LogP contribution is -2.67. The van der Waals surface area contributed by atoms with Crippen molar-refractivity contribution in [3.63, 3.8) is 0 Å². The number of aliphatic hydroxyl groups is 3. The van der Waals surface area contributed by atoms with Gasteiger partial charge in [0.15, 0.2) is 0 Å². The highest BCUT2D eigenvalue weighted by molar-refractivity contribution is 5.85. The monoisotopic (exact) mass is 545 g/mol. The summed E-state index contributed by atoms with van der Waals surface area (Å²) in [4.78, 5) is 29.2. The Kier molecular flexibility index (Phi) is 7.05. The molecule has 0 unspecified atom stereocenters. The van der Waals surface area contributed by atoms with Crippen molar-refractivity contribution in [2.24, 2.45) is 34.5 Å². The van der Waals surface area contributed by atoms with Gasteiger partial charge in [0.25, 0.3) is 0 Å². The first kappa shape index (κ1) is 27.5. The predicted octanol–water partition coefficient (Wildman–Crippen LogP) is 1.90. The molecule has 1 saturated heterocycles. The maximum Gasteiger partial charge on any atom is 0.331 e. The molecule has 2 aliphatic heterocycles. The molecular weight excluding hydrogens is 498 g/mol. The highest BCUT2D eigenvalue weighted by Gasteiger charge is 2.70. The van der Waals surface area contributed by atoms with Crippen molar-refractivity contribution in [2.75, 3.05) is 45.9 Å². The Morgan fingerprint density at radius 2 is 1.90 bits per heavy atom. The van der Waals surface area contributed by atoms with Crippen molar-refractivity contribution < 1.29 is 29.6 Å². The van der Waals surface area contributed by atoms with Crippen LogP contribution >= 0.6 is 0 Å². The van der Waals surface area contributed by atoms with Crippen LogP contribution in [0.2, 0.25) is 0 Å². The molecule has 2 heterocycles. The first-order valence-electron chi connectivity index (χ1n) is 15.3. The van der Waals surface area contributed by atoms with Crippen LogP contribution in [-0.4, -0.2) is 101 Å². The molecule has 4 aliphatic carbocycles. The zero-order valence-corrected chi connectivity index (χ0v) is 23.6. The number of nitrogens with zero attached hydrogens (tertiary/aromatic N) is 2. The number of nitrogens with one attached hydrogen (secondary N) is 1. The molecule has 6 aliphatic rings. The molecule has 6 rings (SSSR count). The number of carbonyl (C=O) groups is 2. The van der Waals surface area contributed by atoms with Crippen LogP contribution in [0, 0.1) is 34.5 Å². The Balaban J connectivity index is 1.22. The number of cyclic esters (lactones) is 1. The Bertz CT molecular complexity index is 1010. The molecule has 0 radical (unpaired) electrons. The van der Waals surface area contributed by atoms with Gasteiger partial charge in [-0.15, -0.1) is 0 Å². The lowest BCUT2D eigenvalue weighted by atomic mass is 9.42. The fourth-order valence-electron chi connectivity index (χ4n) is 10.2. The van der Waals surface area contributed by atoms with Crippen molar-refractivity contribution in [1.82, 2.24) is 15.1 Å². The molecule has 0 bridgehead atoms. The summed E-state index contributed by atoms with van der Waals surface area (Å²) in [5.74, 6) is 0.380. The van der Waals surface area contributed by atoms with E-state index in [0.29, 0.717) is 38.4 Å². The number of piperazine rings is 1. The molecule has 4 N–H and O–H groups in total. The summed E-state index contributed by atoms with van der Waals surface area (Å²) < 4.78 is 5.22. The minimum Gasteiger partial charge on any atom is -0.458 e. The number of aliphatic hydroxyl groups excluding tert-OH is 2. The number of hydrogen-bond acceptors (Lipinski definition) is 7. The van der Waals surface area contributed by atoms with E-state index < -0.39 is 17.1 Å². The van der Waals surface area contributed by atoms with Crippen LogP contribution in [0.3, 0.4) is 0 Å². The van der Waals surface area contributed by atoms with Crippen LogP contribution in [0.5, 0.6) is 0 Å². The zero-order valence-electron chi connectivity index (χ0n) is 23.6. The zero-order chi connectivity index (χ0) is 27.6. The number of urea groups is 1. The molecule has 39 heavy (non-hydrogen) atoms. The van der Waals surface area contributed by atoms with Crippen LogP contribution in [0.1, 0.15) is 65.2 Å². The molecule has 0 aromatic heterocycles. The van der Waals surface area contributed by atoms with Crippen LogP contribution in [0.15, 0.2) is 11.6 Å². The molecule has 9 heteroatoms. The molecule has 218 valence electrons. The fraction of sp³-hybridized carbons (Fsp3) is 0.867. The third kappa shape index (κ3) is 4.09. The van der Waals surface area contributed by atoms with E-state index in [-0.39, 0.29) is 54.4 Å². The second-order valence-corrected chi connectivity index (χ2v) is 13.7. The van der Waals surface area contributed by atoms with Crippen LogP contribution in [-0.2, 0) is 9.53 Å². The number of fused-ring (bicyclic) bond motifs is 5. The molecule has 0 aromatic rings. The molecular formula is C30H47N3O6. The van der Waals surface area contributed by atoms with Crippen molar-refractivity contribution in [3.8, 4) is 0 Å². The molecule has 2 amide bonds.